The van der Waals surface area contributed by atoms with E-state index in [0.717, 1.165) is 35.4 Å². The summed E-state index contributed by atoms with van der Waals surface area (Å²) in [5.41, 5.74) is 3.54. The largest absolute Gasteiger partial charge is 0.352 e. The van der Waals surface area contributed by atoms with Gasteiger partial charge in [-0.05, 0) is 18.9 Å². The summed E-state index contributed by atoms with van der Waals surface area (Å²) in [6.45, 7) is 0.195. The molecule has 8 heteroatoms. The SMILES string of the molecule is Cn1cc(-c2cc(-c3cnn(C)c3)n(CC(=O)NC3CCCCC3)n2)cn1. The van der Waals surface area contributed by atoms with Crippen molar-refractivity contribution < 1.29 is 4.79 Å². The molecule has 0 aromatic carbocycles. The van der Waals surface area contributed by atoms with Crippen LogP contribution in [0.25, 0.3) is 22.5 Å². The summed E-state index contributed by atoms with van der Waals surface area (Å²) in [5, 5.41) is 16.3. The summed E-state index contributed by atoms with van der Waals surface area (Å²) >= 11 is 0. The van der Waals surface area contributed by atoms with E-state index in [1.165, 1.54) is 19.3 Å². The zero-order valence-electron chi connectivity index (χ0n) is 15.8. The second-order valence-electron chi connectivity index (χ2n) is 7.28. The van der Waals surface area contributed by atoms with E-state index >= 15 is 0 Å². The van der Waals surface area contributed by atoms with Gasteiger partial charge in [-0.1, -0.05) is 19.3 Å². The molecule has 0 atom stereocenters. The van der Waals surface area contributed by atoms with E-state index in [2.05, 4.69) is 20.6 Å². The molecule has 4 rings (SSSR count). The minimum atomic E-state index is 0.00729. The Kier molecular flexibility index (Phi) is 4.79. The van der Waals surface area contributed by atoms with Crippen molar-refractivity contribution in [1.29, 1.82) is 0 Å². The van der Waals surface area contributed by atoms with E-state index in [1.807, 2.05) is 32.6 Å². The molecule has 0 saturated heterocycles. The summed E-state index contributed by atoms with van der Waals surface area (Å²) < 4.78 is 5.25. The first-order valence-electron chi connectivity index (χ1n) is 9.44. The summed E-state index contributed by atoms with van der Waals surface area (Å²) in [5.74, 6) is 0.00729. The van der Waals surface area contributed by atoms with Crippen molar-refractivity contribution in [2.75, 3.05) is 0 Å². The topological polar surface area (TPSA) is 82.6 Å². The molecule has 0 radical (unpaired) electrons. The third-order valence-corrected chi connectivity index (χ3v) is 5.04. The fraction of sp³-hybridized carbons (Fsp3) is 0.474. The van der Waals surface area contributed by atoms with E-state index < -0.39 is 0 Å². The third-order valence-electron chi connectivity index (χ3n) is 5.04. The zero-order valence-corrected chi connectivity index (χ0v) is 15.8. The lowest BCUT2D eigenvalue weighted by molar-refractivity contribution is -0.122. The lowest BCUT2D eigenvalue weighted by Gasteiger charge is -2.22. The van der Waals surface area contributed by atoms with Crippen LogP contribution in [-0.2, 0) is 25.4 Å². The standard InChI is InChI=1S/C19H25N7O/c1-24-11-14(9-20-24)17-8-18(15-10-21-25(2)12-15)26(23-17)13-19(27)22-16-6-4-3-5-7-16/h8-12,16H,3-7,13H2,1-2H3,(H,22,27). The number of aryl methyl sites for hydroxylation is 2. The van der Waals surface area contributed by atoms with Crippen LogP contribution in [0.1, 0.15) is 32.1 Å². The molecule has 142 valence electrons. The average Bonchev–Trinajstić information content (AvgIpc) is 3.36. The quantitative estimate of drug-likeness (QED) is 0.749. The van der Waals surface area contributed by atoms with Gasteiger partial charge in [0.15, 0.2) is 0 Å². The highest BCUT2D eigenvalue weighted by atomic mass is 16.2. The fourth-order valence-electron chi connectivity index (χ4n) is 3.67. The van der Waals surface area contributed by atoms with Gasteiger partial charge >= 0.3 is 0 Å². The molecule has 1 aliphatic carbocycles. The number of carbonyl (C=O) groups excluding carboxylic acids is 1. The molecule has 27 heavy (non-hydrogen) atoms. The molecule has 1 amide bonds. The second-order valence-corrected chi connectivity index (χ2v) is 7.28. The van der Waals surface area contributed by atoms with Crippen LogP contribution in [0.15, 0.2) is 30.9 Å². The number of nitrogens with zero attached hydrogens (tertiary/aromatic N) is 6. The maximum Gasteiger partial charge on any atom is 0.241 e. The molecular weight excluding hydrogens is 342 g/mol. The number of nitrogens with one attached hydrogen (secondary N) is 1. The number of hydrogen-bond donors (Lipinski definition) is 1. The molecule has 0 unspecified atom stereocenters. The van der Waals surface area contributed by atoms with Crippen molar-refractivity contribution in [3.63, 3.8) is 0 Å². The van der Waals surface area contributed by atoms with Crippen LogP contribution in [0.5, 0.6) is 0 Å². The molecule has 1 N–H and O–H groups in total. The third kappa shape index (κ3) is 3.94. The minimum absolute atomic E-state index is 0.00729. The molecule has 0 spiro atoms. The first-order chi connectivity index (χ1) is 13.1. The highest BCUT2D eigenvalue weighted by Gasteiger charge is 2.19. The number of hydrogen-bond acceptors (Lipinski definition) is 4. The molecule has 0 bridgehead atoms. The molecule has 8 nitrogen and oxygen atoms in total. The van der Waals surface area contributed by atoms with Crippen molar-refractivity contribution in [3.8, 4) is 22.5 Å². The molecule has 0 aliphatic heterocycles. The molecule has 1 aliphatic rings. The number of amides is 1. The Morgan fingerprint density at radius 2 is 1.74 bits per heavy atom. The monoisotopic (exact) mass is 367 g/mol. The number of carbonyl (C=O) groups is 1. The molecule has 1 saturated carbocycles. The Morgan fingerprint density at radius 1 is 1.07 bits per heavy atom. The normalized spacial score (nSPS) is 15.2. The Balaban J connectivity index is 1.59. The van der Waals surface area contributed by atoms with Crippen molar-refractivity contribution in [3.05, 3.63) is 30.9 Å². The molecule has 3 aromatic rings. The van der Waals surface area contributed by atoms with Gasteiger partial charge in [0.2, 0.25) is 5.91 Å². The molecule has 1 fully saturated rings. The number of rotatable bonds is 5. The minimum Gasteiger partial charge on any atom is -0.352 e. The van der Waals surface area contributed by atoms with Crippen LogP contribution in [0.4, 0.5) is 0 Å². The van der Waals surface area contributed by atoms with Crippen LogP contribution >= 0.6 is 0 Å². The highest BCUT2D eigenvalue weighted by Crippen LogP contribution is 2.26. The predicted molar refractivity (Wildman–Crippen MR) is 102 cm³/mol. The molecule has 3 heterocycles. The van der Waals surface area contributed by atoms with Crippen molar-refractivity contribution >= 4 is 5.91 Å². The van der Waals surface area contributed by atoms with Crippen molar-refractivity contribution in [2.45, 2.75) is 44.7 Å². The maximum absolute atomic E-state index is 12.6. The number of aromatic nitrogens is 6. The Morgan fingerprint density at radius 3 is 2.37 bits per heavy atom. The first-order valence-corrected chi connectivity index (χ1v) is 9.44. The summed E-state index contributed by atoms with van der Waals surface area (Å²) in [6, 6.07) is 2.28. The van der Waals surface area contributed by atoms with E-state index in [1.54, 1.807) is 26.4 Å². The maximum atomic E-state index is 12.6. The second kappa shape index (κ2) is 7.38. The van der Waals surface area contributed by atoms with E-state index in [9.17, 15) is 4.79 Å². The van der Waals surface area contributed by atoms with Gasteiger partial charge in [-0.15, -0.1) is 0 Å². The van der Waals surface area contributed by atoms with Crippen LogP contribution < -0.4 is 5.32 Å². The van der Waals surface area contributed by atoms with Gasteiger partial charge in [0, 0.05) is 43.7 Å². The highest BCUT2D eigenvalue weighted by molar-refractivity contribution is 5.77. The lowest BCUT2D eigenvalue weighted by atomic mass is 9.95. The van der Waals surface area contributed by atoms with E-state index in [4.69, 9.17) is 0 Å². The molecule has 3 aromatic heterocycles. The zero-order chi connectivity index (χ0) is 18.8. The van der Waals surface area contributed by atoms with Gasteiger partial charge < -0.3 is 5.32 Å². The van der Waals surface area contributed by atoms with Crippen LogP contribution in [-0.4, -0.2) is 41.3 Å². The average molecular weight is 367 g/mol. The summed E-state index contributed by atoms with van der Waals surface area (Å²) in [6.07, 6.45) is 13.2. The van der Waals surface area contributed by atoms with E-state index in [0.29, 0.717) is 6.04 Å². The van der Waals surface area contributed by atoms with Crippen LogP contribution in [0.2, 0.25) is 0 Å². The summed E-state index contributed by atoms with van der Waals surface area (Å²) in [4.78, 5) is 12.6. The Labute approximate surface area is 158 Å². The van der Waals surface area contributed by atoms with Gasteiger partial charge in [0.25, 0.3) is 0 Å². The first kappa shape index (κ1) is 17.5. The molecular formula is C19H25N7O. The van der Waals surface area contributed by atoms with Crippen LogP contribution in [0.3, 0.4) is 0 Å². The van der Waals surface area contributed by atoms with Crippen LogP contribution in [0, 0.1) is 0 Å². The predicted octanol–water partition coefficient (Wildman–Crippen LogP) is 2.13. The van der Waals surface area contributed by atoms with Gasteiger partial charge in [-0.2, -0.15) is 15.3 Å². The van der Waals surface area contributed by atoms with Gasteiger partial charge in [-0.3, -0.25) is 18.8 Å². The fourth-order valence-corrected chi connectivity index (χ4v) is 3.67. The van der Waals surface area contributed by atoms with Gasteiger partial charge in [-0.25, -0.2) is 0 Å². The smallest absolute Gasteiger partial charge is 0.241 e. The lowest BCUT2D eigenvalue weighted by Crippen LogP contribution is -2.38. The van der Waals surface area contributed by atoms with Crippen molar-refractivity contribution in [1.82, 2.24) is 34.7 Å². The van der Waals surface area contributed by atoms with Gasteiger partial charge in [0.1, 0.15) is 6.54 Å². The van der Waals surface area contributed by atoms with E-state index in [-0.39, 0.29) is 12.5 Å². The van der Waals surface area contributed by atoms with Crippen molar-refractivity contribution in [2.24, 2.45) is 14.1 Å². The Hall–Kier alpha value is -2.90. The summed E-state index contributed by atoms with van der Waals surface area (Å²) in [7, 11) is 3.75. The van der Waals surface area contributed by atoms with Gasteiger partial charge in [0.05, 0.1) is 23.8 Å². The Bertz CT molecular complexity index is 930.